The number of rotatable bonds is 8. The van der Waals surface area contributed by atoms with Crippen LogP contribution in [0.5, 0.6) is 5.75 Å². The summed E-state index contributed by atoms with van der Waals surface area (Å²) in [6.07, 6.45) is 0.426. The number of carbonyl (C=O) groups excluding carboxylic acids is 1. The van der Waals surface area contributed by atoms with Crippen molar-refractivity contribution in [3.8, 4) is 5.75 Å². The lowest BCUT2D eigenvalue weighted by molar-refractivity contribution is -0.141. The molecule has 4 N–H and O–H groups in total. The van der Waals surface area contributed by atoms with Gasteiger partial charge in [-0.3, -0.25) is 4.79 Å². The van der Waals surface area contributed by atoms with Crippen LogP contribution in [0.25, 0.3) is 0 Å². The second kappa shape index (κ2) is 8.16. The van der Waals surface area contributed by atoms with Gasteiger partial charge in [-0.25, -0.2) is 4.79 Å². The molecule has 0 radical (unpaired) electrons. The van der Waals surface area contributed by atoms with Gasteiger partial charge in [0.2, 0.25) is 5.91 Å². The molecular formula is C14H20N2O4. The number of hydrogen-bond acceptors (Lipinski definition) is 4. The Balaban J connectivity index is 2.54. The van der Waals surface area contributed by atoms with Gasteiger partial charge < -0.3 is 20.8 Å². The average molecular weight is 280 g/mol. The summed E-state index contributed by atoms with van der Waals surface area (Å²) >= 11 is 0. The molecule has 6 heteroatoms. The van der Waals surface area contributed by atoms with Crippen LogP contribution in [-0.2, 0) is 16.0 Å². The molecule has 1 amide bonds. The number of hydrogen-bond donors (Lipinski definition) is 4. The van der Waals surface area contributed by atoms with E-state index in [1.165, 1.54) is 12.1 Å². The summed E-state index contributed by atoms with van der Waals surface area (Å²) in [6, 6.07) is 5.28. The Morgan fingerprint density at radius 2 is 1.90 bits per heavy atom. The Bertz CT molecular complexity index is 445. The normalized spacial score (nSPS) is 11.8. The van der Waals surface area contributed by atoms with E-state index >= 15 is 0 Å². The Morgan fingerprint density at radius 1 is 1.25 bits per heavy atom. The van der Waals surface area contributed by atoms with Crippen molar-refractivity contribution in [2.45, 2.75) is 25.8 Å². The lowest BCUT2D eigenvalue weighted by atomic mass is 10.1. The van der Waals surface area contributed by atoms with Crippen molar-refractivity contribution < 1.29 is 19.8 Å². The first-order chi connectivity index (χ1) is 9.52. The van der Waals surface area contributed by atoms with Gasteiger partial charge in [0.1, 0.15) is 11.8 Å². The van der Waals surface area contributed by atoms with Crippen molar-refractivity contribution in [1.29, 1.82) is 0 Å². The third-order valence-corrected chi connectivity index (χ3v) is 2.79. The summed E-state index contributed by atoms with van der Waals surface area (Å²) in [7, 11) is 0. The van der Waals surface area contributed by atoms with E-state index in [9.17, 15) is 14.7 Å². The minimum Gasteiger partial charge on any atom is -0.508 e. The molecule has 0 saturated carbocycles. The van der Waals surface area contributed by atoms with E-state index in [0.717, 1.165) is 12.1 Å². The quantitative estimate of drug-likeness (QED) is 0.520. The Morgan fingerprint density at radius 3 is 2.45 bits per heavy atom. The summed E-state index contributed by atoms with van der Waals surface area (Å²) < 4.78 is 0. The predicted octanol–water partition coefficient (Wildman–Crippen LogP) is 0.504. The topological polar surface area (TPSA) is 98.7 Å². The monoisotopic (exact) mass is 280 g/mol. The number of nitrogens with one attached hydrogen (secondary N) is 2. The molecule has 1 aromatic rings. The van der Waals surface area contributed by atoms with Gasteiger partial charge in [0.15, 0.2) is 0 Å². The lowest BCUT2D eigenvalue weighted by Crippen LogP contribution is -2.43. The molecule has 0 spiro atoms. The number of amides is 1. The predicted molar refractivity (Wildman–Crippen MR) is 74.5 cm³/mol. The number of phenols is 1. The first kappa shape index (κ1) is 16.0. The van der Waals surface area contributed by atoms with Gasteiger partial charge >= 0.3 is 5.97 Å². The zero-order valence-electron chi connectivity index (χ0n) is 11.4. The Labute approximate surface area is 117 Å². The van der Waals surface area contributed by atoms with Crippen LogP contribution in [0.4, 0.5) is 0 Å². The number of aromatic hydroxyl groups is 1. The van der Waals surface area contributed by atoms with Crippen LogP contribution in [0.1, 0.15) is 18.9 Å². The van der Waals surface area contributed by atoms with Gasteiger partial charge in [0.25, 0.3) is 0 Å². The van der Waals surface area contributed by atoms with Gasteiger partial charge in [0.05, 0.1) is 0 Å². The fourth-order valence-electron chi connectivity index (χ4n) is 1.71. The van der Waals surface area contributed by atoms with E-state index in [1.54, 1.807) is 12.1 Å². The van der Waals surface area contributed by atoms with Crippen molar-refractivity contribution in [2.75, 3.05) is 13.1 Å². The highest BCUT2D eigenvalue weighted by atomic mass is 16.4. The Hall–Kier alpha value is -2.08. The van der Waals surface area contributed by atoms with Crippen molar-refractivity contribution in [3.63, 3.8) is 0 Å². The van der Waals surface area contributed by atoms with Crippen LogP contribution >= 0.6 is 0 Å². The number of carboxylic acids is 1. The summed E-state index contributed by atoms with van der Waals surface area (Å²) in [4.78, 5) is 22.8. The molecule has 0 fully saturated rings. The molecular weight excluding hydrogens is 260 g/mol. The molecule has 0 aliphatic heterocycles. The molecule has 0 aliphatic carbocycles. The van der Waals surface area contributed by atoms with E-state index in [4.69, 9.17) is 5.11 Å². The number of benzene rings is 1. The maximum atomic E-state index is 11.6. The molecule has 1 atom stereocenters. The third-order valence-electron chi connectivity index (χ3n) is 2.79. The highest BCUT2D eigenvalue weighted by Gasteiger charge is 2.20. The molecule has 6 nitrogen and oxygen atoms in total. The number of carbonyl (C=O) groups is 2. The summed E-state index contributed by atoms with van der Waals surface area (Å²) in [5.74, 6) is -1.25. The SMILES string of the molecule is CCNCCC(=O)N[C@@H](Cc1ccc(O)cc1)C(=O)O. The molecule has 20 heavy (non-hydrogen) atoms. The summed E-state index contributed by atoms with van der Waals surface area (Å²) in [5.41, 5.74) is 0.738. The van der Waals surface area contributed by atoms with Crippen LogP contribution in [0, 0.1) is 0 Å². The lowest BCUT2D eigenvalue weighted by Gasteiger charge is -2.14. The van der Waals surface area contributed by atoms with E-state index in [-0.39, 0.29) is 24.5 Å². The highest BCUT2D eigenvalue weighted by molar-refractivity contribution is 5.83. The van der Waals surface area contributed by atoms with Crippen LogP contribution in [-0.4, -0.2) is 41.2 Å². The zero-order chi connectivity index (χ0) is 15.0. The van der Waals surface area contributed by atoms with Crippen molar-refractivity contribution in [3.05, 3.63) is 29.8 Å². The molecule has 0 aromatic heterocycles. The molecule has 0 aliphatic rings. The molecule has 110 valence electrons. The molecule has 0 saturated heterocycles. The van der Waals surface area contributed by atoms with E-state index < -0.39 is 12.0 Å². The Kier molecular flexibility index (Phi) is 6.52. The smallest absolute Gasteiger partial charge is 0.326 e. The first-order valence-electron chi connectivity index (χ1n) is 6.53. The van der Waals surface area contributed by atoms with Gasteiger partial charge in [-0.2, -0.15) is 0 Å². The standard InChI is InChI=1S/C14H20N2O4/c1-2-15-8-7-13(18)16-12(14(19)20)9-10-3-5-11(17)6-4-10/h3-6,12,15,17H,2,7-9H2,1H3,(H,16,18)(H,19,20)/t12-/m0/s1. The second-order valence-corrected chi connectivity index (χ2v) is 4.43. The molecule has 0 unspecified atom stereocenters. The highest BCUT2D eigenvalue weighted by Crippen LogP contribution is 2.11. The fourth-order valence-corrected chi connectivity index (χ4v) is 1.71. The zero-order valence-corrected chi connectivity index (χ0v) is 11.4. The number of carboxylic acid groups (broad SMARTS) is 1. The fraction of sp³-hybridized carbons (Fsp3) is 0.429. The van der Waals surface area contributed by atoms with Crippen molar-refractivity contribution >= 4 is 11.9 Å². The molecule has 1 rings (SSSR count). The molecule has 0 heterocycles. The van der Waals surface area contributed by atoms with Gasteiger partial charge in [-0.1, -0.05) is 19.1 Å². The van der Waals surface area contributed by atoms with E-state index in [0.29, 0.717) is 6.54 Å². The third kappa shape index (κ3) is 5.71. The van der Waals surface area contributed by atoms with E-state index in [1.807, 2.05) is 6.92 Å². The molecule has 0 bridgehead atoms. The molecule has 1 aromatic carbocycles. The van der Waals surface area contributed by atoms with Crippen molar-refractivity contribution in [2.24, 2.45) is 0 Å². The van der Waals surface area contributed by atoms with E-state index in [2.05, 4.69) is 10.6 Å². The van der Waals surface area contributed by atoms with Crippen LogP contribution in [0.2, 0.25) is 0 Å². The number of phenolic OH excluding ortho intramolecular Hbond substituents is 1. The number of aliphatic carboxylic acids is 1. The van der Waals surface area contributed by atoms with Crippen LogP contribution in [0.15, 0.2) is 24.3 Å². The minimum absolute atomic E-state index is 0.121. The largest absolute Gasteiger partial charge is 0.508 e. The minimum atomic E-state index is -1.07. The van der Waals surface area contributed by atoms with Crippen molar-refractivity contribution in [1.82, 2.24) is 10.6 Å². The second-order valence-electron chi connectivity index (χ2n) is 4.43. The maximum Gasteiger partial charge on any atom is 0.326 e. The average Bonchev–Trinajstić information content (AvgIpc) is 2.40. The summed E-state index contributed by atoms with van der Waals surface area (Å²) in [6.45, 7) is 3.22. The van der Waals surface area contributed by atoms with Gasteiger partial charge in [-0.05, 0) is 24.2 Å². The van der Waals surface area contributed by atoms with Crippen LogP contribution < -0.4 is 10.6 Å². The maximum absolute atomic E-state index is 11.6. The van der Waals surface area contributed by atoms with Crippen LogP contribution in [0.3, 0.4) is 0 Å². The first-order valence-corrected chi connectivity index (χ1v) is 6.53. The summed E-state index contributed by atoms with van der Waals surface area (Å²) in [5, 5.41) is 23.8. The van der Waals surface area contributed by atoms with Gasteiger partial charge in [-0.15, -0.1) is 0 Å². The van der Waals surface area contributed by atoms with Gasteiger partial charge in [0, 0.05) is 19.4 Å².